The Labute approximate surface area is 115 Å². The Kier molecular flexibility index (Phi) is 3.85. The monoisotopic (exact) mass is 309 g/mol. The molecule has 1 fully saturated rings. The van der Waals surface area contributed by atoms with E-state index in [-0.39, 0.29) is 17.7 Å². The van der Waals surface area contributed by atoms with Crippen LogP contribution in [0.5, 0.6) is 0 Å². The Hall–Kier alpha value is -1.16. The van der Waals surface area contributed by atoms with Gasteiger partial charge >= 0.3 is 0 Å². The number of carbonyl (C=O) groups is 2. The normalized spacial score (nSPS) is 19.7. The summed E-state index contributed by atoms with van der Waals surface area (Å²) in [6.45, 7) is 4.72. The van der Waals surface area contributed by atoms with Gasteiger partial charge in [-0.1, -0.05) is 29.8 Å². The molecule has 1 unspecified atom stereocenters. The van der Waals surface area contributed by atoms with Crippen molar-refractivity contribution in [2.75, 3.05) is 6.54 Å². The molecule has 1 atom stereocenters. The van der Waals surface area contributed by atoms with Gasteiger partial charge in [0.2, 0.25) is 5.91 Å². The molecule has 1 heterocycles. The number of nitrogens with zero attached hydrogens (tertiary/aromatic N) is 1. The molecular formula is C14H16BrNO2. The van der Waals surface area contributed by atoms with Gasteiger partial charge in [0.05, 0.1) is 0 Å². The zero-order valence-electron chi connectivity index (χ0n) is 10.5. The zero-order chi connectivity index (χ0) is 13.3. The number of amides is 2. The van der Waals surface area contributed by atoms with E-state index in [0.717, 1.165) is 4.47 Å². The molecule has 0 saturated carbocycles. The van der Waals surface area contributed by atoms with Gasteiger partial charge in [0, 0.05) is 23.0 Å². The second kappa shape index (κ2) is 5.22. The van der Waals surface area contributed by atoms with Gasteiger partial charge in [-0.2, -0.15) is 0 Å². The molecule has 0 N–H and O–H groups in total. The first kappa shape index (κ1) is 13.3. The minimum atomic E-state index is -0.185. The van der Waals surface area contributed by atoms with Crippen molar-refractivity contribution in [2.45, 2.75) is 20.3 Å². The maximum Gasteiger partial charge on any atom is 0.260 e. The lowest BCUT2D eigenvalue weighted by atomic mass is 9.95. The summed E-state index contributed by atoms with van der Waals surface area (Å²) in [5.74, 6) is 0.478. The number of likely N-dealkylation sites (tertiary alicyclic amines) is 1. The average molecular weight is 310 g/mol. The highest BCUT2D eigenvalue weighted by molar-refractivity contribution is 9.10. The Bertz CT molecular complexity index is 467. The van der Waals surface area contributed by atoms with Crippen LogP contribution in [0.4, 0.5) is 0 Å². The van der Waals surface area contributed by atoms with Crippen LogP contribution in [0, 0.1) is 11.8 Å². The van der Waals surface area contributed by atoms with Crippen molar-refractivity contribution in [3.8, 4) is 0 Å². The van der Waals surface area contributed by atoms with Crippen molar-refractivity contribution in [1.82, 2.24) is 4.90 Å². The maximum atomic E-state index is 12.2. The zero-order valence-corrected chi connectivity index (χ0v) is 12.1. The molecule has 3 nitrogen and oxygen atoms in total. The first-order chi connectivity index (χ1) is 8.49. The Morgan fingerprint density at radius 3 is 2.44 bits per heavy atom. The number of hydrogen-bond donors (Lipinski definition) is 0. The van der Waals surface area contributed by atoms with Crippen LogP contribution in [0.15, 0.2) is 28.7 Å². The Morgan fingerprint density at radius 2 is 1.94 bits per heavy atom. The van der Waals surface area contributed by atoms with Crippen LogP contribution in [-0.4, -0.2) is 23.3 Å². The third-order valence-corrected chi connectivity index (χ3v) is 3.96. The van der Waals surface area contributed by atoms with Gasteiger partial charge in [0.1, 0.15) is 0 Å². The summed E-state index contributed by atoms with van der Waals surface area (Å²) in [6.07, 6.45) is 0.486. The highest BCUT2D eigenvalue weighted by Gasteiger charge is 2.35. The smallest absolute Gasteiger partial charge is 0.260 e. The SMILES string of the molecule is CC(C)C1CC(=O)N(C(=O)c2ccc(Br)cc2)C1. The van der Waals surface area contributed by atoms with Crippen LogP contribution in [0.25, 0.3) is 0 Å². The Morgan fingerprint density at radius 1 is 1.33 bits per heavy atom. The average Bonchev–Trinajstić information content (AvgIpc) is 2.71. The van der Waals surface area contributed by atoms with E-state index in [4.69, 9.17) is 0 Å². The highest BCUT2D eigenvalue weighted by atomic mass is 79.9. The third-order valence-electron chi connectivity index (χ3n) is 3.43. The van der Waals surface area contributed by atoms with E-state index in [2.05, 4.69) is 29.8 Å². The molecule has 18 heavy (non-hydrogen) atoms. The molecule has 1 aliphatic rings. The molecule has 2 amide bonds. The van der Waals surface area contributed by atoms with Gasteiger partial charge in [-0.05, 0) is 36.1 Å². The van der Waals surface area contributed by atoms with Crippen molar-refractivity contribution in [2.24, 2.45) is 11.8 Å². The molecule has 1 aliphatic heterocycles. The second-order valence-electron chi connectivity index (χ2n) is 5.02. The predicted octanol–water partition coefficient (Wildman–Crippen LogP) is 3.09. The van der Waals surface area contributed by atoms with E-state index in [1.54, 1.807) is 12.1 Å². The second-order valence-corrected chi connectivity index (χ2v) is 5.94. The molecule has 4 heteroatoms. The lowest BCUT2D eigenvalue weighted by molar-refractivity contribution is -0.125. The minimum absolute atomic E-state index is 0.0541. The molecule has 0 bridgehead atoms. The molecule has 0 aromatic heterocycles. The quantitative estimate of drug-likeness (QED) is 0.787. The summed E-state index contributed by atoms with van der Waals surface area (Å²) in [7, 11) is 0. The molecule has 1 aromatic rings. The number of rotatable bonds is 2. The van der Waals surface area contributed by atoms with Gasteiger partial charge in [0.15, 0.2) is 0 Å². The summed E-state index contributed by atoms with van der Waals surface area (Å²) in [6, 6.07) is 7.10. The van der Waals surface area contributed by atoms with E-state index in [9.17, 15) is 9.59 Å². The van der Waals surface area contributed by atoms with Crippen LogP contribution in [0.3, 0.4) is 0 Å². The highest BCUT2D eigenvalue weighted by Crippen LogP contribution is 2.26. The van der Waals surface area contributed by atoms with Crippen LogP contribution >= 0.6 is 15.9 Å². The number of benzene rings is 1. The molecule has 1 aromatic carbocycles. The standard InChI is InChI=1S/C14H16BrNO2/c1-9(2)11-7-13(17)16(8-11)14(18)10-3-5-12(15)6-4-10/h3-6,9,11H,7-8H2,1-2H3. The van der Waals surface area contributed by atoms with E-state index >= 15 is 0 Å². The van der Waals surface area contributed by atoms with Crippen molar-refractivity contribution in [3.05, 3.63) is 34.3 Å². The van der Waals surface area contributed by atoms with Gasteiger partial charge in [-0.3, -0.25) is 14.5 Å². The summed E-state index contributed by atoms with van der Waals surface area (Å²) in [4.78, 5) is 25.5. The fourth-order valence-corrected chi connectivity index (χ4v) is 2.39. The van der Waals surface area contributed by atoms with Crippen LogP contribution in [0.1, 0.15) is 30.6 Å². The predicted molar refractivity (Wildman–Crippen MR) is 73.1 cm³/mol. The number of imide groups is 1. The molecule has 0 aliphatic carbocycles. The van der Waals surface area contributed by atoms with E-state index in [1.165, 1.54) is 4.90 Å². The van der Waals surface area contributed by atoms with E-state index in [1.807, 2.05) is 12.1 Å². The molecule has 1 saturated heterocycles. The van der Waals surface area contributed by atoms with Crippen molar-refractivity contribution in [1.29, 1.82) is 0 Å². The number of hydrogen-bond acceptors (Lipinski definition) is 2. The van der Waals surface area contributed by atoms with Gasteiger partial charge in [-0.25, -0.2) is 0 Å². The fourth-order valence-electron chi connectivity index (χ4n) is 2.13. The first-order valence-corrected chi connectivity index (χ1v) is 6.88. The molecule has 96 valence electrons. The van der Waals surface area contributed by atoms with Gasteiger partial charge in [0.25, 0.3) is 5.91 Å². The van der Waals surface area contributed by atoms with E-state index < -0.39 is 0 Å². The lowest BCUT2D eigenvalue weighted by Gasteiger charge is -2.16. The summed E-state index contributed by atoms with van der Waals surface area (Å²) in [5.41, 5.74) is 0.566. The molecule has 0 radical (unpaired) electrons. The Balaban J connectivity index is 2.15. The first-order valence-electron chi connectivity index (χ1n) is 6.09. The van der Waals surface area contributed by atoms with Gasteiger partial charge < -0.3 is 0 Å². The van der Waals surface area contributed by atoms with Crippen LogP contribution in [0.2, 0.25) is 0 Å². The largest absolute Gasteiger partial charge is 0.278 e. The fraction of sp³-hybridized carbons (Fsp3) is 0.429. The van der Waals surface area contributed by atoms with Crippen molar-refractivity contribution < 1.29 is 9.59 Å². The third kappa shape index (κ3) is 2.64. The molecule has 2 rings (SSSR count). The number of carbonyl (C=O) groups excluding carboxylic acids is 2. The van der Waals surface area contributed by atoms with Crippen LogP contribution < -0.4 is 0 Å². The topological polar surface area (TPSA) is 37.4 Å². The van der Waals surface area contributed by atoms with Crippen molar-refractivity contribution in [3.63, 3.8) is 0 Å². The van der Waals surface area contributed by atoms with E-state index in [0.29, 0.717) is 24.4 Å². The maximum absolute atomic E-state index is 12.2. The summed E-state index contributed by atoms with van der Waals surface area (Å²) < 4.78 is 0.923. The lowest BCUT2D eigenvalue weighted by Crippen LogP contribution is -2.32. The molecular weight excluding hydrogens is 294 g/mol. The minimum Gasteiger partial charge on any atom is -0.278 e. The summed E-state index contributed by atoms with van der Waals surface area (Å²) in [5, 5.41) is 0. The number of halogens is 1. The van der Waals surface area contributed by atoms with Crippen LogP contribution in [-0.2, 0) is 4.79 Å². The van der Waals surface area contributed by atoms with Gasteiger partial charge in [-0.15, -0.1) is 0 Å². The van der Waals surface area contributed by atoms with Crippen molar-refractivity contribution >= 4 is 27.7 Å². The molecule has 0 spiro atoms. The summed E-state index contributed by atoms with van der Waals surface area (Å²) >= 11 is 3.33.